The molecule has 0 fully saturated rings. The summed E-state index contributed by atoms with van der Waals surface area (Å²) in [6.07, 6.45) is 3.51. The molecule has 3 aromatic rings. The molecule has 11 heteroatoms. The number of hydrogen-bond donors (Lipinski definition) is 3. The molecule has 1 aromatic heterocycles. The van der Waals surface area contributed by atoms with Crippen LogP contribution in [-0.4, -0.2) is 30.2 Å². The molecular weight excluding hydrogens is 468 g/mol. The van der Waals surface area contributed by atoms with Crippen LogP contribution < -0.4 is 10.5 Å². The molecule has 1 aliphatic heterocycles. The molecule has 1 amide bonds. The SMILES string of the molecule is CC(C(=O)Nc1ccc(S(N)(=O)=O)cc1)n1c(O)c(/C=C2\C=Nc3ccccc32)sc1=S. The molecule has 1 unspecified atom stereocenters. The van der Waals surface area contributed by atoms with Gasteiger partial charge in [-0.1, -0.05) is 18.2 Å². The Morgan fingerprint density at radius 3 is 2.62 bits per heavy atom. The topological polar surface area (TPSA) is 127 Å². The lowest BCUT2D eigenvalue weighted by atomic mass is 10.1. The molecule has 1 atom stereocenters. The number of para-hydroxylation sites is 1. The second-order valence-corrected chi connectivity index (χ2v) is 10.3. The van der Waals surface area contributed by atoms with E-state index in [-0.39, 0.29) is 10.8 Å². The van der Waals surface area contributed by atoms with Crippen molar-refractivity contribution in [1.29, 1.82) is 0 Å². The molecule has 0 aliphatic carbocycles. The van der Waals surface area contributed by atoms with Gasteiger partial charge in [0.05, 0.1) is 15.5 Å². The zero-order chi connectivity index (χ0) is 23.0. The number of aromatic nitrogens is 1. The Morgan fingerprint density at radius 1 is 1.25 bits per heavy atom. The Kier molecular flexibility index (Phi) is 5.82. The first-order valence-corrected chi connectivity index (χ1v) is 12.2. The van der Waals surface area contributed by atoms with Crippen molar-refractivity contribution in [2.24, 2.45) is 10.1 Å². The van der Waals surface area contributed by atoms with E-state index >= 15 is 0 Å². The molecule has 32 heavy (non-hydrogen) atoms. The van der Waals surface area contributed by atoms with E-state index in [1.165, 1.54) is 40.2 Å². The molecule has 1 aliphatic rings. The van der Waals surface area contributed by atoms with Crippen LogP contribution in [0.4, 0.5) is 11.4 Å². The normalized spacial score (nSPS) is 15.0. The van der Waals surface area contributed by atoms with Gasteiger partial charge in [-0.25, -0.2) is 13.6 Å². The van der Waals surface area contributed by atoms with Gasteiger partial charge >= 0.3 is 0 Å². The van der Waals surface area contributed by atoms with E-state index in [0.29, 0.717) is 14.5 Å². The Balaban J connectivity index is 1.57. The average molecular weight is 487 g/mol. The fraction of sp³-hybridized carbons (Fsp3) is 0.0952. The minimum Gasteiger partial charge on any atom is -0.493 e. The zero-order valence-electron chi connectivity index (χ0n) is 16.7. The monoisotopic (exact) mass is 486 g/mol. The molecule has 0 spiro atoms. The zero-order valence-corrected chi connectivity index (χ0v) is 19.2. The largest absolute Gasteiger partial charge is 0.493 e. The number of sulfonamides is 1. The summed E-state index contributed by atoms with van der Waals surface area (Å²) in [5.74, 6) is -0.540. The van der Waals surface area contributed by atoms with Crippen molar-refractivity contribution in [3.05, 3.63) is 62.9 Å². The molecule has 0 radical (unpaired) electrons. The first-order valence-electron chi connectivity index (χ1n) is 9.38. The third-order valence-electron chi connectivity index (χ3n) is 4.90. The lowest BCUT2D eigenvalue weighted by Crippen LogP contribution is -2.23. The van der Waals surface area contributed by atoms with Crippen LogP contribution in [0.3, 0.4) is 0 Å². The Morgan fingerprint density at radius 2 is 1.94 bits per heavy atom. The maximum Gasteiger partial charge on any atom is 0.247 e. The van der Waals surface area contributed by atoms with Gasteiger partial charge in [0.15, 0.2) is 3.95 Å². The van der Waals surface area contributed by atoms with Crippen LogP contribution in [0.5, 0.6) is 5.88 Å². The molecule has 4 N–H and O–H groups in total. The van der Waals surface area contributed by atoms with Gasteiger partial charge in [-0.15, -0.1) is 11.3 Å². The van der Waals surface area contributed by atoms with E-state index in [4.69, 9.17) is 17.4 Å². The maximum absolute atomic E-state index is 12.8. The molecule has 164 valence electrons. The van der Waals surface area contributed by atoms with Crippen LogP contribution in [0.1, 0.15) is 23.4 Å². The number of aliphatic imine (C=N–C) groups is 1. The van der Waals surface area contributed by atoms with Crippen LogP contribution in [-0.2, 0) is 14.8 Å². The van der Waals surface area contributed by atoms with Crippen molar-refractivity contribution in [3.8, 4) is 5.88 Å². The Bertz CT molecular complexity index is 1430. The van der Waals surface area contributed by atoms with E-state index in [9.17, 15) is 18.3 Å². The number of aromatic hydroxyl groups is 1. The number of benzene rings is 2. The summed E-state index contributed by atoms with van der Waals surface area (Å²) in [4.78, 5) is 17.6. The summed E-state index contributed by atoms with van der Waals surface area (Å²) in [5, 5.41) is 18.6. The van der Waals surface area contributed by atoms with Crippen LogP contribution in [0.2, 0.25) is 0 Å². The number of nitrogens with two attached hydrogens (primary N) is 1. The molecule has 8 nitrogen and oxygen atoms in total. The predicted molar refractivity (Wildman–Crippen MR) is 128 cm³/mol. The number of allylic oxidation sites excluding steroid dienone is 1. The van der Waals surface area contributed by atoms with Crippen molar-refractivity contribution >= 4 is 68.7 Å². The summed E-state index contributed by atoms with van der Waals surface area (Å²) < 4.78 is 24.4. The van der Waals surface area contributed by atoms with E-state index in [1.807, 2.05) is 24.3 Å². The summed E-state index contributed by atoms with van der Waals surface area (Å²) in [6, 6.07) is 12.3. The number of primary sulfonamides is 1. The molecule has 0 saturated carbocycles. The summed E-state index contributed by atoms with van der Waals surface area (Å²) in [5.41, 5.74) is 3.02. The molecule has 0 saturated heterocycles. The number of nitrogens with zero attached hydrogens (tertiary/aromatic N) is 2. The summed E-state index contributed by atoms with van der Waals surface area (Å²) in [7, 11) is -3.82. The van der Waals surface area contributed by atoms with Crippen molar-refractivity contribution in [2.45, 2.75) is 17.9 Å². The highest BCUT2D eigenvalue weighted by molar-refractivity contribution is 7.89. The fourth-order valence-corrected chi connectivity index (χ4v) is 5.15. The van der Waals surface area contributed by atoms with Gasteiger partial charge in [-0.05, 0) is 55.5 Å². The standard InChI is InChI=1S/C21H18N4O4S3/c1-12(19(26)24-14-6-8-15(9-7-14)32(22,28)29)25-20(27)18(31-21(25)30)10-13-11-23-17-5-3-2-4-16(13)17/h2-12,27H,1H3,(H,24,26)(H2,22,28,29)/b13-10+. The number of thiazole rings is 1. The molecule has 4 rings (SSSR count). The van der Waals surface area contributed by atoms with Crippen molar-refractivity contribution < 1.29 is 18.3 Å². The number of hydrogen-bond acceptors (Lipinski definition) is 7. The molecule has 0 bridgehead atoms. The maximum atomic E-state index is 12.8. The Labute approximate surface area is 193 Å². The van der Waals surface area contributed by atoms with Gasteiger partial charge in [0, 0.05) is 23.0 Å². The molecule has 2 aromatic carbocycles. The lowest BCUT2D eigenvalue weighted by molar-refractivity contribution is -0.118. The van der Waals surface area contributed by atoms with Crippen molar-refractivity contribution in [2.75, 3.05) is 5.32 Å². The third kappa shape index (κ3) is 4.28. The number of fused-ring (bicyclic) bond motifs is 1. The van der Waals surface area contributed by atoms with Crippen LogP contribution >= 0.6 is 23.6 Å². The third-order valence-corrected chi connectivity index (χ3v) is 7.17. The number of nitrogens with one attached hydrogen (secondary N) is 1. The van der Waals surface area contributed by atoms with Gasteiger partial charge in [-0.3, -0.25) is 14.4 Å². The number of rotatable bonds is 5. The minimum atomic E-state index is -3.82. The summed E-state index contributed by atoms with van der Waals surface area (Å²) >= 11 is 6.58. The predicted octanol–water partition coefficient (Wildman–Crippen LogP) is 4.09. The minimum absolute atomic E-state index is 0.0593. The lowest BCUT2D eigenvalue weighted by Gasteiger charge is -2.15. The quantitative estimate of drug-likeness (QED) is 0.468. The first-order chi connectivity index (χ1) is 15.1. The van der Waals surface area contributed by atoms with Crippen molar-refractivity contribution in [3.63, 3.8) is 0 Å². The van der Waals surface area contributed by atoms with Crippen LogP contribution in [0.15, 0.2) is 58.4 Å². The van der Waals surface area contributed by atoms with Crippen LogP contribution in [0.25, 0.3) is 11.6 Å². The van der Waals surface area contributed by atoms with Crippen LogP contribution in [0, 0.1) is 3.95 Å². The fourth-order valence-electron chi connectivity index (χ4n) is 3.22. The Hall–Kier alpha value is -3.12. The van der Waals surface area contributed by atoms with Gasteiger partial charge in [0.25, 0.3) is 0 Å². The highest BCUT2D eigenvalue weighted by Gasteiger charge is 2.23. The molecule has 2 heterocycles. The number of carbonyl (C=O) groups is 1. The van der Waals surface area contributed by atoms with Gasteiger partial charge < -0.3 is 10.4 Å². The average Bonchev–Trinajstić information content (AvgIpc) is 3.28. The van der Waals surface area contributed by atoms with E-state index in [2.05, 4.69) is 10.3 Å². The first kappa shape index (κ1) is 22.1. The number of anilines is 1. The second-order valence-electron chi connectivity index (χ2n) is 7.04. The second kappa shape index (κ2) is 8.43. The highest BCUT2D eigenvalue weighted by atomic mass is 32.2. The smallest absolute Gasteiger partial charge is 0.247 e. The van der Waals surface area contributed by atoms with E-state index in [1.54, 1.807) is 19.2 Å². The number of carbonyl (C=O) groups excluding carboxylic acids is 1. The summed E-state index contributed by atoms with van der Waals surface area (Å²) in [6.45, 7) is 1.61. The van der Waals surface area contributed by atoms with E-state index in [0.717, 1.165) is 16.8 Å². The van der Waals surface area contributed by atoms with Crippen molar-refractivity contribution in [1.82, 2.24) is 4.57 Å². The van der Waals surface area contributed by atoms with Gasteiger partial charge in [-0.2, -0.15) is 0 Å². The highest BCUT2D eigenvalue weighted by Crippen LogP contribution is 2.37. The van der Waals surface area contributed by atoms with E-state index < -0.39 is 22.0 Å². The van der Waals surface area contributed by atoms with Gasteiger partial charge in [0.2, 0.25) is 21.8 Å². The molecular formula is C21H18N4O4S3. The van der Waals surface area contributed by atoms with Gasteiger partial charge in [0.1, 0.15) is 6.04 Å². The number of amides is 1.